The normalized spacial score (nSPS) is 22.2. The average Bonchev–Trinajstić information content (AvgIpc) is 3.30. The molecule has 1 saturated carbocycles. The average molecular weight is 316 g/mol. The number of benzene rings is 1. The molecule has 122 valence electrons. The fourth-order valence-electron chi connectivity index (χ4n) is 3.13. The molecule has 2 aromatic rings. The number of halogens is 1. The van der Waals surface area contributed by atoms with Crippen molar-refractivity contribution >= 4 is 6.01 Å². The number of rotatable bonds is 5. The Kier molecular flexibility index (Phi) is 3.99. The number of hydrogen-bond acceptors (Lipinski definition) is 5. The molecule has 1 N–H and O–H groups in total. The van der Waals surface area contributed by atoms with Crippen LogP contribution in [0.3, 0.4) is 0 Å². The summed E-state index contributed by atoms with van der Waals surface area (Å²) < 4.78 is 18.7. The molecule has 23 heavy (non-hydrogen) atoms. The van der Waals surface area contributed by atoms with Gasteiger partial charge in [-0.05, 0) is 49.9 Å². The summed E-state index contributed by atoms with van der Waals surface area (Å²) in [4.78, 5) is 2.38. The maximum atomic E-state index is 13.0. The van der Waals surface area contributed by atoms with Crippen LogP contribution in [0.5, 0.6) is 0 Å². The van der Waals surface area contributed by atoms with E-state index in [2.05, 4.69) is 20.4 Å². The second-order valence-electron chi connectivity index (χ2n) is 6.56. The van der Waals surface area contributed by atoms with Crippen LogP contribution in [0.2, 0.25) is 0 Å². The molecule has 1 aliphatic heterocycles. The van der Waals surface area contributed by atoms with E-state index in [9.17, 15) is 4.39 Å². The zero-order valence-corrected chi connectivity index (χ0v) is 13.0. The minimum absolute atomic E-state index is 0.185. The molecule has 0 radical (unpaired) electrons. The van der Waals surface area contributed by atoms with Crippen LogP contribution < -0.4 is 5.32 Å². The highest BCUT2D eigenvalue weighted by Crippen LogP contribution is 2.39. The minimum Gasteiger partial charge on any atom is -0.408 e. The van der Waals surface area contributed by atoms with Gasteiger partial charge in [-0.15, -0.1) is 5.10 Å². The topological polar surface area (TPSA) is 54.2 Å². The summed E-state index contributed by atoms with van der Waals surface area (Å²) in [6.45, 7) is 2.83. The number of piperidine rings is 1. The molecule has 2 aliphatic rings. The Morgan fingerprint density at radius 2 is 2.00 bits per heavy atom. The molecule has 6 heteroatoms. The van der Waals surface area contributed by atoms with Crippen LogP contribution in [0.15, 0.2) is 28.7 Å². The Morgan fingerprint density at radius 3 is 2.78 bits per heavy atom. The summed E-state index contributed by atoms with van der Waals surface area (Å²) in [7, 11) is 0. The van der Waals surface area contributed by atoms with Crippen molar-refractivity contribution in [2.75, 3.05) is 18.4 Å². The Hall–Kier alpha value is -1.95. The van der Waals surface area contributed by atoms with E-state index < -0.39 is 0 Å². The molecule has 2 fully saturated rings. The first-order valence-corrected chi connectivity index (χ1v) is 8.33. The van der Waals surface area contributed by atoms with Crippen molar-refractivity contribution in [3.8, 4) is 0 Å². The SMILES string of the molecule is Fc1ccc(CN2CCC[C@@H](Nc3nnc(C4CC4)o3)C2)cc1. The number of aromatic nitrogens is 2. The van der Waals surface area contributed by atoms with Crippen molar-refractivity contribution in [1.82, 2.24) is 15.1 Å². The van der Waals surface area contributed by atoms with Crippen LogP contribution in [0.25, 0.3) is 0 Å². The maximum Gasteiger partial charge on any atom is 0.315 e. The lowest BCUT2D eigenvalue weighted by atomic mass is 10.0. The van der Waals surface area contributed by atoms with Crippen LogP contribution >= 0.6 is 0 Å². The van der Waals surface area contributed by atoms with Crippen molar-refractivity contribution in [1.29, 1.82) is 0 Å². The van der Waals surface area contributed by atoms with Gasteiger partial charge in [0.2, 0.25) is 5.89 Å². The largest absolute Gasteiger partial charge is 0.408 e. The highest BCUT2D eigenvalue weighted by Gasteiger charge is 2.30. The Balaban J connectivity index is 1.33. The molecule has 1 aromatic heterocycles. The van der Waals surface area contributed by atoms with E-state index in [0.29, 0.717) is 18.0 Å². The van der Waals surface area contributed by atoms with Crippen LogP contribution in [-0.2, 0) is 6.54 Å². The molecular formula is C17H21FN4O. The van der Waals surface area contributed by atoms with Gasteiger partial charge >= 0.3 is 6.01 Å². The predicted molar refractivity (Wildman–Crippen MR) is 84.6 cm³/mol. The second kappa shape index (κ2) is 6.28. The van der Waals surface area contributed by atoms with Gasteiger partial charge in [-0.2, -0.15) is 0 Å². The quantitative estimate of drug-likeness (QED) is 0.918. The lowest BCUT2D eigenvalue weighted by molar-refractivity contribution is 0.207. The van der Waals surface area contributed by atoms with Gasteiger partial charge in [0.05, 0.1) is 0 Å². The van der Waals surface area contributed by atoms with Gasteiger partial charge in [0, 0.05) is 25.0 Å². The Morgan fingerprint density at radius 1 is 1.17 bits per heavy atom. The van der Waals surface area contributed by atoms with Crippen molar-refractivity contribution < 1.29 is 8.81 Å². The van der Waals surface area contributed by atoms with E-state index in [1.54, 1.807) is 0 Å². The Labute approximate surface area is 134 Å². The molecule has 1 aliphatic carbocycles. The third-order valence-electron chi connectivity index (χ3n) is 4.52. The number of nitrogens with zero attached hydrogens (tertiary/aromatic N) is 3. The van der Waals surface area contributed by atoms with Crippen molar-refractivity contribution in [3.63, 3.8) is 0 Å². The molecule has 1 saturated heterocycles. The fraction of sp³-hybridized carbons (Fsp3) is 0.529. The first-order chi connectivity index (χ1) is 11.3. The molecular weight excluding hydrogens is 295 g/mol. The van der Waals surface area contributed by atoms with Gasteiger partial charge in [-0.25, -0.2) is 4.39 Å². The van der Waals surface area contributed by atoms with Gasteiger partial charge < -0.3 is 9.73 Å². The summed E-state index contributed by atoms with van der Waals surface area (Å²) in [6, 6.07) is 7.61. The lowest BCUT2D eigenvalue weighted by Crippen LogP contribution is -2.41. The summed E-state index contributed by atoms with van der Waals surface area (Å²) in [5, 5.41) is 11.6. The molecule has 2 heterocycles. The third-order valence-corrected chi connectivity index (χ3v) is 4.52. The smallest absolute Gasteiger partial charge is 0.315 e. The van der Waals surface area contributed by atoms with Gasteiger partial charge in [-0.1, -0.05) is 17.2 Å². The van der Waals surface area contributed by atoms with Gasteiger partial charge in [0.15, 0.2) is 0 Å². The lowest BCUT2D eigenvalue weighted by Gasteiger charge is -2.32. The molecule has 1 atom stereocenters. The van der Waals surface area contributed by atoms with Gasteiger partial charge in [0.1, 0.15) is 5.82 Å². The van der Waals surface area contributed by atoms with Crippen molar-refractivity contribution in [2.45, 2.75) is 44.2 Å². The van der Waals surface area contributed by atoms with Gasteiger partial charge in [-0.3, -0.25) is 4.90 Å². The molecule has 0 amide bonds. The highest BCUT2D eigenvalue weighted by molar-refractivity contribution is 5.22. The first-order valence-electron chi connectivity index (χ1n) is 8.33. The summed E-state index contributed by atoms with van der Waals surface area (Å²) >= 11 is 0. The van der Waals surface area contributed by atoms with Crippen molar-refractivity contribution in [3.05, 3.63) is 41.5 Å². The maximum absolute atomic E-state index is 13.0. The zero-order valence-electron chi connectivity index (χ0n) is 13.0. The van der Waals surface area contributed by atoms with E-state index in [4.69, 9.17) is 4.42 Å². The molecule has 0 spiro atoms. The monoisotopic (exact) mass is 316 g/mol. The minimum atomic E-state index is -0.185. The molecule has 5 nitrogen and oxygen atoms in total. The van der Waals surface area contributed by atoms with E-state index in [-0.39, 0.29) is 5.82 Å². The molecule has 1 aromatic carbocycles. The van der Waals surface area contributed by atoms with Crippen LogP contribution in [-0.4, -0.2) is 34.2 Å². The van der Waals surface area contributed by atoms with Crippen LogP contribution in [0.4, 0.5) is 10.4 Å². The second-order valence-corrected chi connectivity index (χ2v) is 6.56. The van der Waals surface area contributed by atoms with E-state index in [1.807, 2.05) is 12.1 Å². The molecule has 4 rings (SSSR count). The molecule has 0 bridgehead atoms. The van der Waals surface area contributed by atoms with Gasteiger partial charge in [0.25, 0.3) is 0 Å². The van der Waals surface area contributed by atoms with Crippen LogP contribution in [0, 0.1) is 5.82 Å². The number of anilines is 1. The standard InChI is InChI=1S/C17H21FN4O/c18-14-7-3-12(4-8-14)10-22-9-1-2-15(11-22)19-17-21-20-16(23-17)13-5-6-13/h3-4,7-8,13,15H,1-2,5-6,9-11H2,(H,19,21)/t15-/m1/s1. The number of hydrogen-bond donors (Lipinski definition) is 1. The summed E-state index contributed by atoms with van der Waals surface area (Å²) in [5.41, 5.74) is 1.14. The zero-order chi connectivity index (χ0) is 15.6. The van der Waals surface area contributed by atoms with E-state index >= 15 is 0 Å². The highest BCUT2D eigenvalue weighted by atomic mass is 19.1. The van der Waals surface area contributed by atoms with Crippen LogP contribution in [0.1, 0.15) is 43.1 Å². The van der Waals surface area contributed by atoms with E-state index in [0.717, 1.165) is 56.8 Å². The van der Waals surface area contributed by atoms with E-state index in [1.165, 1.54) is 12.1 Å². The fourth-order valence-corrected chi connectivity index (χ4v) is 3.13. The third kappa shape index (κ3) is 3.69. The number of nitrogens with one attached hydrogen (secondary N) is 1. The first kappa shape index (κ1) is 14.6. The summed E-state index contributed by atoms with van der Waals surface area (Å²) in [6.07, 6.45) is 4.55. The molecule has 0 unspecified atom stereocenters. The Bertz CT molecular complexity index is 653. The van der Waals surface area contributed by atoms with Crippen molar-refractivity contribution in [2.24, 2.45) is 0 Å². The predicted octanol–water partition coefficient (Wildman–Crippen LogP) is 3.16. The number of likely N-dealkylation sites (tertiary alicyclic amines) is 1. The summed E-state index contributed by atoms with van der Waals surface area (Å²) in [5.74, 6) is 1.07.